The maximum Gasteiger partial charge on any atom is 0.321 e. The smallest absolute Gasteiger partial charge is 0.321 e. The van der Waals surface area contributed by atoms with Crippen LogP contribution in [0, 0.1) is 23.2 Å². The first kappa shape index (κ1) is 8.63. The van der Waals surface area contributed by atoms with Crippen LogP contribution in [0.5, 0.6) is 0 Å². The van der Waals surface area contributed by atoms with Crippen LogP contribution in [0.25, 0.3) is 0 Å². The molecule has 1 aliphatic rings. The second-order valence-corrected chi connectivity index (χ2v) is 4.06. The summed E-state index contributed by atoms with van der Waals surface area (Å²) in [5, 5.41) is 16.9. The molecule has 1 fully saturated rings. The van der Waals surface area contributed by atoms with Gasteiger partial charge in [-0.1, -0.05) is 0 Å². The van der Waals surface area contributed by atoms with E-state index in [2.05, 4.69) is 0 Å². The summed E-state index contributed by atoms with van der Waals surface area (Å²) in [7, 11) is 0. The van der Waals surface area contributed by atoms with Gasteiger partial charge in [-0.3, -0.25) is 4.79 Å². The van der Waals surface area contributed by atoms with Gasteiger partial charge in [-0.05, 0) is 6.42 Å². The number of alkyl halides is 2. The number of hydrogen-bond acceptors (Lipinski definition) is 2. The van der Waals surface area contributed by atoms with Crippen molar-refractivity contribution in [1.82, 2.24) is 0 Å². The molecule has 0 aromatic rings. The predicted molar refractivity (Wildman–Crippen MR) is 39.3 cm³/mol. The van der Waals surface area contributed by atoms with Crippen LogP contribution in [0.15, 0.2) is 0 Å². The Morgan fingerprint density at radius 2 is 2.27 bits per heavy atom. The molecule has 5 heteroatoms. The molecule has 2 unspecified atom stereocenters. The lowest BCUT2D eigenvalue weighted by Crippen LogP contribution is -2.16. The third-order valence-corrected chi connectivity index (χ3v) is 2.55. The fraction of sp³-hybridized carbons (Fsp3) is 0.667. The topological polar surface area (TPSA) is 61.1 Å². The summed E-state index contributed by atoms with van der Waals surface area (Å²) < 4.78 is -0.987. The van der Waals surface area contributed by atoms with Crippen molar-refractivity contribution in [3.05, 3.63) is 0 Å². The van der Waals surface area contributed by atoms with E-state index in [0.29, 0.717) is 6.42 Å². The molecule has 0 aromatic heterocycles. The molecule has 0 saturated heterocycles. The Morgan fingerprint density at radius 1 is 1.82 bits per heavy atom. The summed E-state index contributed by atoms with van der Waals surface area (Å²) in [5.41, 5.74) is 0. The number of rotatable bonds is 2. The van der Waals surface area contributed by atoms with Crippen LogP contribution in [0.3, 0.4) is 0 Å². The Bertz CT molecular complexity index is 233. The Hall–Kier alpha value is -0.460. The predicted octanol–water partition coefficient (Wildman–Crippen LogP) is 1.40. The van der Waals surface area contributed by atoms with Gasteiger partial charge in [-0.15, -0.1) is 23.2 Å². The molecular weight excluding hydrogens is 189 g/mol. The van der Waals surface area contributed by atoms with Gasteiger partial charge < -0.3 is 5.11 Å². The van der Waals surface area contributed by atoms with Gasteiger partial charge in [0.2, 0.25) is 0 Å². The number of carboxylic acid groups (broad SMARTS) is 1. The van der Waals surface area contributed by atoms with Crippen molar-refractivity contribution in [3.8, 4) is 6.07 Å². The highest BCUT2D eigenvalue weighted by atomic mass is 35.5. The molecule has 3 nitrogen and oxygen atoms in total. The van der Waals surface area contributed by atoms with Crippen LogP contribution in [0.1, 0.15) is 6.42 Å². The van der Waals surface area contributed by atoms with Crippen molar-refractivity contribution >= 4 is 29.2 Å². The van der Waals surface area contributed by atoms with Crippen molar-refractivity contribution in [2.75, 3.05) is 0 Å². The minimum Gasteiger partial charge on any atom is -0.480 e. The first-order chi connectivity index (χ1) is 4.99. The van der Waals surface area contributed by atoms with Gasteiger partial charge in [0.15, 0.2) is 0 Å². The zero-order chi connectivity index (χ0) is 8.65. The van der Waals surface area contributed by atoms with E-state index >= 15 is 0 Å². The second-order valence-electron chi connectivity index (χ2n) is 2.52. The second kappa shape index (κ2) is 2.54. The molecular formula is C6H5Cl2NO2. The summed E-state index contributed by atoms with van der Waals surface area (Å²) in [6.07, 6.45) is 0.390. The zero-order valence-corrected chi connectivity index (χ0v) is 6.93. The van der Waals surface area contributed by atoms with Gasteiger partial charge in [0.25, 0.3) is 0 Å². The van der Waals surface area contributed by atoms with Crippen LogP contribution in [-0.2, 0) is 4.79 Å². The highest BCUT2D eigenvalue weighted by Crippen LogP contribution is 2.56. The first-order valence-corrected chi connectivity index (χ1v) is 3.75. The zero-order valence-electron chi connectivity index (χ0n) is 5.42. The molecule has 1 rings (SSSR count). The lowest BCUT2D eigenvalue weighted by molar-refractivity contribution is -0.140. The molecule has 0 aliphatic heterocycles. The third kappa shape index (κ3) is 1.58. The first-order valence-electron chi connectivity index (χ1n) is 2.99. The van der Waals surface area contributed by atoms with E-state index in [0.717, 1.165) is 0 Å². The number of aliphatic carboxylic acids is 1. The van der Waals surface area contributed by atoms with Crippen LogP contribution in [-0.4, -0.2) is 15.4 Å². The molecule has 0 bridgehead atoms. The van der Waals surface area contributed by atoms with E-state index in [9.17, 15) is 4.79 Å². The molecule has 0 aromatic carbocycles. The SMILES string of the molecule is N#CC(C(=O)O)C1CC1(Cl)Cl. The maximum atomic E-state index is 10.4. The summed E-state index contributed by atoms with van der Waals surface area (Å²) in [6.45, 7) is 0. The number of halogens is 2. The standard InChI is InChI=1S/C6H5Cl2NO2/c7-6(8)1-4(6)3(2-9)5(10)11/h3-4H,1H2,(H,10,11). The monoisotopic (exact) mass is 193 g/mol. The maximum absolute atomic E-state index is 10.4. The normalized spacial score (nSPS) is 28.6. The van der Waals surface area contributed by atoms with E-state index in [1.165, 1.54) is 0 Å². The van der Waals surface area contributed by atoms with E-state index in [1.54, 1.807) is 6.07 Å². The number of nitriles is 1. The molecule has 1 N–H and O–H groups in total. The lowest BCUT2D eigenvalue weighted by Gasteiger charge is -2.01. The van der Waals surface area contributed by atoms with Crippen molar-refractivity contribution in [1.29, 1.82) is 5.26 Å². The van der Waals surface area contributed by atoms with E-state index in [-0.39, 0.29) is 0 Å². The van der Waals surface area contributed by atoms with Crippen molar-refractivity contribution in [3.63, 3.8) is 0 Å². The number of carboxylic acids is 1. The molecule has 1 saturated carbocycles. The van der Waals surface area contributed by atoms with Crippen LogP contribution < -0.4 is 0 Å². The number of carbonyl (C=O) groups is 1. The molecule has 1 aliphatic carbocycles. The largest absolute Gasteiger partial charge is 0.480 e. The van der Waals surface area contributed by atoms with Gasteiger partial charge in [0.1, 0.15) is 10.3 Å². The van der Waals surface area contributed by atoms with Crippen LogP contribution in [0.4, 0.5) is 0 Å². The molecule has 0 spiro atoms. The molecule has 11 heavy (non-hydrogen) atoms. The van der Waals surface area contributed by atoms with Gasteiger partial charge >= 0.3 is 5.97 Å². The highest BCUT2D eigenvalue weighted by molar-refractivity contribution is 6.51. The van der Waals surface area contributed by atoms with E-state index in [4.69, 9.17) is 33.6 Å². The van der Waals surface area contributed by atoms with E-state index < -0.39 is 22.1 Å². The summed E-state index contributed by atoms with van der Waals surface area (Å²) in [6, 6.07) is 1.65. The fourth-order valence-electron chi connectivity index (χ4n) is 0.913. The summed E-state index contributed by atoms with van der Waals surface area (Å²) >= 11 is 11.2. The minimum absolute atomic E-state index is 0.390. The molecule has 0 radical (unpaired) electrons. The van der Waals surface area contributed by atoms with Crippen LogP contribution in [0.2, 0.25) is 0 Å². The molecule has 0 amide bonds. The minimum atomic E-state index is -1.15. The van der Waals surface area contributed by atoms with Gasteiger partial charge in [0.05, 0.1) is 6.07 Å². The quantitative estimate of drug-likeness (QED) is 0.675. The third-order valence-electron chi connectivity index (χ3n) is 1.68. The van der Waals surface area contributed by atoms with Gasteiger partial charge in [-0.25, -0.2) is 0 Å². The van der Waals surface area contributed by atoms with Crippen molar-refractivity contribution in [2.45, 2.75) is 10.8 Å². The van der Waals surface area contributed by atoms with Gasteiger partial charge in [0, 0.05) is 5.92 Å². The Balaban J connectivity index is 2.63. The Labute approximate surface area is 73.5 Å². The average molecular weight is 194 g/mol. The summed E-state index contributed by atoms with van der Waals surface area (Å²) in [5.74, 6) is -2.63. The summed E-state index contributed by atoms with van der Waals surface area (Å²) in [4.78, 5) is 10.4. The fourth-order valence-corrected chi connectivity index (χ4v) is 1.50. The Kier molecular flexibility index (Phi) is 2.00. The average Bonchev–Trinajstić information content (AvgIpc) is 2.41. The number of nitrogens with zero attached hydrogens (tertiary/aromatic N) is 1. The van der Waals surface area contributed by atoms with Crippen molar-refractivity contribution in [2.24, 2.45) is 11.8 Å². The number of hydrogen-bond donors (Lipinski definition) is 1. The van der Waals surface area contributed by atoms with Crippen LogP contribution >= 0.6 is 23.2 Å². The van der Waals surface area contributed by atoms with E-state index in [1.807, 2.05) is 0 Å². The molecule has 2 atom stereocenters. The Morgan fingerprint density at radius 3 is 2.36 bits per heavy atom. The lowest BCUT2D eigenvalue weighted by atomic mass is 10.1. The highest BCUT2D eigenvalue weighted by Gasteiger charge is 2.58. The molecule has 60 valence electrons. The van der Waals surface area contributed by atoms with Crippen molar-refractivity contribution < 1.29 is 9.90 Å². The molecule has 0 heterocycles. The van der Waals surface area contributed by atoms with Gasteiger partial charge in [-0.2, -0.15) is 5.26 Å².